The predicted octanol–water partition coefficient (Wildman–Crippen LogP) is 7.11. The number of imidazole rings is 1. The lowest BCUT2D eigenvalue weighted by molar-refractivity contribution is -0.111. The third-order valence-electron chi connectivity index (χ3n) is 6.52. The van der Waals surface area contributed by atoms with Crippen molar-refractivity contribution < 1.29 is 18.8 Å². The molecular formula is C33H37N3O4S. The van der Waals surface area contributed by atoms with Crippen LogP contribution in [0.4, 0.5) is 5.69 Å². The highest BCUT2D eigenvalue weighted by atomic mass is 32.2. The number of carbonyl (C=O) groups excluding carboxylic acids is 1. The third kappa shape index (κ3) is 8.49. The molecule has 4 aromatic rings. The average Bonchev–Trinajstić information content (AvgIpc) is 3.43. The minimum absolute atomic E-state index is 0.275. The second-order valence-corrected chi connectivity index (χ2v) is 11.0. The Morgan fingerprint density at radius 3 is 2.49 bits per heavy atom. The minimum atomic E-state index is -1.21. The molecule has 1 unspecified atom stereocenters. The van der Waals surface area contributed by atoms with Crippen molar-refractivity contribution in [1.29, 1.82) is 0 Å². The zero-order chi connectivity index (χ0) is 29.0. The number of hydrogen-bond acceptors (Lipinski definition) is 5. The van der Waals surface area contributed by atoms with Crippen LogP contribution in [0.1, 0.15) is 44.4 Å². The van der Waals surface area contributed by atoms with Gasteiger partial charge >= 0.3 is 0 Å². The molecule has 1 N–H and O–H groups in total. The standard InChI is InChI=1S/C33H37N3O4S/c1-4-6-20-40-30-13-7-25(8-14-30)26-9-17-32(39-3)27(21-26)10-18-33(37)35-28-11-15-31(16-12-28)41(38)23-29-22-34-24-36(29)19-5-2/h7-18,21-22,24H,4-6,19-20,23H2,1-3H3,(H,35,37)/b18-10+. The number of carbonyl (C=O) groups is 1. The van der Waals surface area contributed by atoms with E-state index >= 15 is 0 Å². The van der Waals surface area contributed by atoms with Crippen LogP contribution in [0.25, 0.3) is 17.2 Å². The van der Waals surface area contributed by atoms with Crippen molar-refractivity contribution in [2.24, 2.45) is 0 Å². The van der Waals surface area contributed by atoms with Crippen LogP contribution in [0.5, 0.6) is 11.5 Å². The van der Waals surface area contributed by atoms with E-state index in [-0.39, 0.29) is 5.91 Å². The molecule has 3 aromatic carbocycles. The van der Waals surface area contributed by atoms with Gasteiger partial charge in [0.1, 0.15) is 11.5 Å². The van der Waals surface area contributed by atoms with E-state index in [9.17, 15) is 9.35 Å². The summed E-state index contributed by atoms with van der Waals surface area (Å²) in [4.78, 5) is 17.6. The summed E-state index contributed by atoms with van der Waals surface area (Å²) in [5.41, 5.74) is 4.41. The van der Waals surface area contributed by atoms with Crippen molar-refractivity contribution in [3.05, 3.63) is 96.6 Å². The SMILES string of the molecule is CCCCOc1ccc(-c2ccc(OC)c(/C=C/C(=O)Nc3ccc([S+]([O-])Cc4cncn4CCC)cc3)c2)cc1. The van der Waals surface area contributed by atoms with Gasteiger partial charge in [-0.3, -0.25) is 4.79 Å². The maximum Gasteiger partial charge on any atom is 0.248 e. The summed E-state index contributed by atoms with van der Waals surface area (Å²) in [6.45, 7) is 5.80. The molecule has 1 aromatic heterocycles. The van der Waals surface area contributed by atoms with Crippen LogP contribution in [-0.2, 0) is 28.3 Å². The number of rotatable bonds is 14. The molecule has 214 valence electrons. The predicted molar refractivity (Wildman–Crippen MR) is 166 cm³/mol. The van der Waals surface area contributed by atoms with Crippen LogP contribution >= 0.6 is 0 Å². The summed E-state index contributed by atoms with van der Waals surface area (Å²) in [5, 5.41) is 2.87. The molecule has 1 atom stereocenters. The van der Waals surface area contributed by atoms with Gasteiger partial charge in [0.05, 0.1) is 31.9 Å². The van der Waals surface area contributed by atoms with Crippen molar-refractivity contribution in [3.8, 4) is 22.6 Å². The van der Waals surface area contributed by atoms with Gasteiger partial charge in [0.25, 0.3) is 0 Å². The molecule has 4 rings (SSSR count). The molecule has 1 amide bonds. The number of benzene rings is 3. The molecule has 1 heterocycles. The van der Waals surface area contributed by atoms with Gasteiger partial charge in [-0.05, 0) is 89.8 Å². The maximum absolute atomic E-state index is 12.9. The van der Waals surface area contributed by atoms with Crippen molar-refractivity contribution in [1.82, 2.24) is 9.55 Å². The van der Waals surface area contributed by atoms with E-state index in [0.717, 1.165) is 53.9 Å². The topological polar surface area (TPSA) is 88.4 Å². The molecule has 8 heteroatoms. The van der Waals surface area contributed by atoms with Gasteiger partial charge in [-0.25, -0.2) is 4.98 Å². The second kappa shape index (κ2) is 15.1. The highest BCUT2D eigenvalue weighted by Crippen LogP contribution is 2.29. The van der Waals surface area contributed by atoms with Crippen LogP contribution in [0, 0.1) is 0 Å². The van der Waals surface area contributed by atoms with Crippen LogP contribution in [0.2, 0.25) is 0 Å². The molecule has 0 aliphatic heterocycles. The number of aryl methyl sites for hydroxylation is 1. The van der Waals surface area contributed by atoms with E-state index in [4.69, 9.17) is 9.47 Å². The van der Waals surface area contributed by atoms with Crippen molar-refractivity contribution in [2.45, 2.75) is 50.3 Å². The number of nitrogens with zero attached hydrogens (tertiary/aromatic N) is 2. The molecule has 0 spiro atoms. The summed E-state index contributed by atoms with van der Waals surface area (Å²) in [7, 11) is 1.61. The van der Waals surface area contributed by atoms with Gasteiger partial charge < -0.3 is 23.9 Å². The maximum atomic E-state index is 12.9. The summed E-state index contributed by atoms with van der Waals surface area (Å²) < 4.78 is 26.2. The van der Waals surface area contributed by atoms with E-state index in [1.165, 1.54) is 6.08 Å². The first-order valence-corrected chi connectivity index (χ1v) is 15.2. The normalized spacial score (nSPS) is 11.9. The molecule has 0 aliphatic carbocycles. The van der Waals surface area contributed by atoms with Gasteiger partial charge in [-0.1, -0.05) is 38.5 Å². The largest absolute Gasteiger partial charge is 0.611 e. The Morgan fingerprint density at radius 2 is 1.78 bits per heavy atom. The van der Waals surface area contributed by atoms with Gasteiger partial charge in [-0.2, -0.15) is 0 Å². The first-order valence-electron chi connectivity index (χ1n) is 13.9. The van der Waals surface area contributed by atoms with Crippen LogP contribution in [-0.4, -0.2) is 33.7 Å². The summed E-state index contributed by atoms with van der Waals surface area (Å²) >= 11 is -1.21. The highest BCUT2D eigenvalue weighted by molar-refractivity contribution is 7.90. The van der Waals surface area contributed by atoms with Gasteiger partial charge in [0.2, 0.25) is 5.91 Å². The molecule has 41 heavy (non-hydrogen) atoms. The number of anilines is 1. The lowest BCUT2D eigenvalue weighted by Crippen LogP contribution is -2.11. The summed E-state index contributed by atoms with van der Waals surface area (Å²) in [6, 6.07) is 21.0. The molecular weight excluding hydrogens is 534 g/mol. The Bertz CT molecular complexity index is 1430. The van der Waals surface area contributed by atoms with E-state index in [1.807, 2.05) is 47.0 Å². The van der Waals surface area contributed by atoms with Crippen LogP contribution < -0.4 is 14.8 Å². The zero-order valence-electron chi connectivity index (χ0n) is 23.8. The number of ether oxygens (including phenoxy) is 2. The molecule has 0 aliphatic rings. The van der Waals surface area contributed by atoms with E-state index in [1.54, 1.807) is 50.0 Å². The smallest absolute Gasteiger partial charge is 0.248 e. The van der Waals surface area contributed by atoms with E-state index in [2.05, 4.69) is 24.1 Å². The molecule has 0 fully saturated rings. The number of unbranched alkanes of at least 4 members (excludes halogenated alkanes) is 1. The number of nitrogens with one attached hydrogen (secondary N) is 1. The lowest BCUT2D eigenvalue weighted by Gasteiger charge is -2.12. The van der Waals surface area contributed by atoms with Crippen LogP contribution in [0.3, 0.4) is 0 Å². The fourth-order valence-corrected chi connectivity index (χ4v) is 5.41. The van der Waals surface area contributed by atoms with Gasteiger partial charge in [-0.15, -0.1) is 0 Å². The number of methoxy groups -OCH3 is 1. The Morgan fingerprint density at radius 1 is 1.02 bits per heavy atom. The Balaban J connectivity index is 1.38. The first-order chi connectivity index (χ1) is 20.0. The Labute approximate surface area is 245 Å². The first kappa shape index (κ1) is 30.0. The molecule has 0 radical (unpaired) electrons. The van der Waals surface area contributed by atoms with Crippen molar-refractivity contribution in [2.75, 3.05) is 19.0 Å². The quantitative estimate of drug-likeness (QED) is 0.0990. The minimum Gasteiger partial charge on any atom is -0.611 e. The fourth-order valence-electron chi connectivity index (χ4n) is 4.29. The summed E-state index contributed by atoms with van der Waals surface area (Å²) in [6.07, 6.45) is 9.87. The lowest BCUT2D eigenvalue weighted by atomic mass is 10.0. The van der Waals surface area contributed by atoms with E-state index in [0.29, 0.717) is 28.7 Å². The van der Waals surface area contributed by atoms with Gasteiger partial charge in [0, 0.05) is 23.9 Å². The number of hydrogen-bond donors (Lipinski definition) is 1. The molecule has 7 nitrogen and oxygen atoms in total. The monoisotopic (exact) mass is 571 g/mol. The van der Waals surface area contributed by atoms with Crippen molar-refractivity contribution in [3.63, 3.8) is 0 Å². The average molecular weight is 572 g/mol. The van der Waals surface area contributed by atoms with E-state index < -0.39 is 11.2 Å². The number of aromatic nitrogens is 2. The molecule has 0 saturated carbocycles. The zero-order valence-corrected chi connectivity index (χ0v) is 24.7. The third-order valence-corrected chi connectivity index (χ3v) is 7.88. The summed E-state index contributed by atoms with van der Waals surface area (Å²) in [5.74, 6) is 1.64. The fraction of sp³-hybridized carbons (Fsp3) is 0.273. The Hall–Kier alpha value is -4.01. The molecule has 0 bridgehead atoms. The molecule has 0 saturated heterocycles. The number of amides is 1. The second-order valence-electron chi connectivity index (χ2n) is 9.60. The Kier molecular flexibility index (Phi) is 11.0. The van der Waals surface area contributed by atoms with Gasteiger partial charge in [0.15, 0.2) is 10.6 Å². The van der Waals surface area contributed by atoms with Crippen molar-refractivity contribution >= 4 is 28.8 Å². The van der Waals surface area contributed by atoms with Crippen LogP contribution in [0.15, 0.2) is 90.2 Å². The highest BCUT2D eigenvalue weighted by Gasteiger charge is 2.15.